The van der Waals surface area contributed by atoms with Gasteiger partial charge in [-0.3, -0.25) is 0 Å². The van der Waals surface area contributed by atoms with Crippen molar-refractivity contribution in [1.82, 2.24) is 0 Å². The number of hydrogen-bond donors (Lipinski definition) is 0. The van der Waals surface area contributed by atoms with Crippen LogP contribution < -0.4 is 4.74 Å². The van der Waals surface area contributed by atoms with E-state index >= 15 is 0 Å². The van der Waals surface area contributed by atoms with Gasteiger partial charge in [0, 0.05) is 0 Å². The number of unbranched alkanes of at least 4 members (excludes halogenated alkanes) is 1. The van der Waals surface area contributed by atoms with Gasteiger partial charge >= 0.3 is 0 Å². The number of ether oxygens (including phenoxy) is 1. The van der Waals surface area contributed by atoms with E-state index in [2.05, 4.69) is 6.92 Å². The highest BCUT2D eigenvalue weighted by atomic mass is 19.1. The highest BCUT2D eigenvalue weighted by molar-refractivity contribution is 5.31. The monoisotopic (exact) mass is 278 g/mol. The van der Waals surface area contributed by atoms with Crippen LogP contribution >= 0.6 is 0 Å². The predicted octanol–water partition coefficient (Wildman–Crippen LogP) is 5.69. The fourth-order valence-electron chi connectivity index (χ4n) is 3.32. The van der Waals surface area contributed by atoms with Crippen molar-refractivity contribution in [2.45, 2.75) is 64.7 Å². The smallest absolute Gasteiger partial charge is 0.165 e. The van der Waals surface area contributed by atoms with Crippen molar-refractivity contribution in [2.24, 2.45) is 5.92 Å². The zero-order valence-corrected chi connectivity index (χ0v) is 12.8. The van der Waals surface area contributed by atoms with Crippen molar-refractivity contribution in [2.75, 3.05) is 6.61 Å². The third-order valence-corrected chi connectivity index (χ3v) is 4.54. The van der Waals surface area contributed by atoms with Gasteiger partial charge in [0.1, 0.15) is 0 Å². The molecule has 0 aromatic heterocycles. The molecule has 0 saturated heterocycles. The summed E-state index contributed by atoms with van der Waals surface area (Å²) in [4.78, 5) is 0. The molecule has 1 aliphatic carbocycles. The molecule has 0 bridgehead atoms. The van der Waals surface area contributed by atoms with Gasteiger partial charge in [0.25, 0.3) is 0 Å². The quantitative estimate of drug-likeness (QED) is 0.649. The Balaban J connectivity index is 1.91. The van der Waals surface area contributed by atoms with Crippen LogP contribution in [0.3, 0.4) is 0 Å². The van der Waals surface area contributed by atoms with E-state index in [0.717, 1.165) is 11.5 Å². The molecule has 1 aromatic carbocycles. The maximum Gasteiger partial charge on any atom is 0.165 e. The van der Waals surface area contributed by atoms with Crippen molar-refractivity contribution >= 4 is 0 Å². The molecule has 2 heteroatoms. The van der Waals surface area contributed by atoms with Gasteiger partial charge in [-0.1, -0.05) is 32.3 Å². The zero-order valence-electron chi connectivity index (χ0n) is 12.8. The molecule has 1 aliphatic rings. The highest BCUT2D eigenvalue weighted by Crippen LogP contribution is 2.38. The summed E-state index contributed by atoms with van der Waals surface area (Å²) in [5, 5.41) is 0. The summed E-state index contributed by atoms with van der Waals surface area (Å²) in [5.41, 5.74) is 1.15. The van der Waals surface area contributed by atoms with E-state index in [0.29, 0.717) is 18.3 Å². The molecule has 0 radical (unpaired) electrons. The maximum atomic E-state index is 13.9. The normalized spacial score (nSPS) is 22.8. The Hall–Kier alpha value is -1.05. The van der Waals surface area contributed by atoms with Gasteiger partial charge in [0.15, 0.2) is 11.6 Å². The molecule has 1 nitrogen and oxygen atoms in total. The number of hydrogen-bond acceptors (Lipinski definition) is 1. The van der Waals surface area contributed by atoms with Gasteiger partial charge < -0.3 is 4.74 Å². The fraction of sp³-hybridized carbons (Fsp3) is 0.667. The largest absolute Gasteiger partial charge is 0.491 e. The second-order valence-electron chi connectivity index (χ2n) is 5.98. The SMILES string of the molecule is CCCC[C@H]1CC[C@H](c2ccc(OCC)c(F)c2)CC1. The minimum absolute atomic E-state index is 0.211. The third kappa shape index (κ3) is 3.97. The second kappa shape index (κ2) is 7.66. The molecular weight excluding hydrogens is 251 g/mol. The molecular formula is C18H27FO. The minimum atomic E-state index is -0.211. The molecule has 2 rings (SSSR count). The summed E-state index contributed by atoms with van der Waals surface area (Å²) in [7, 11) is 0. The first-order valence-corrected chi connectivity index (χ1v) is 8.16. The van der Waals surface area contributed by atoms with Crippen molar-refractivity contribution in [1.29, 1.82) is 0 Å². The van der Waals surface area contributed by atoms with E-state index < -0.39 is 0 Å². The summed E-state index contributed by atoms with van der Waals surface area (Å²) in [5.74, 6) is 1.61. The number of halogens is 1. The molecule has 20 heavy (non-hydrogen) atoms. The summed E-state index contributed by atoms with van der Waals surface area (Å²) < 4.78 is 19.2. The maximum absolute atomic E-state index is 13.9. The van der Waals surface area contributed by atoms with E-state index in [4.69, 9.17) is 4.74 Å². The van der Waals surface area contributed by atoms with Gasteiger partial charge in [-0.2, -0.15) is 0 Å². The average Bonchev–Trinajstić information content (AvgIpc) is 2.48. The molecule has 112 valence electrons. The minimum Gasteiger partial charge on any atom is -0.491 e. The summed E-state index contributed by atoms with van der Waals surface area (Å²) in [6, 6.07) is 5.52. The Morgan fingerprint density at radius 3 is 2.50 bits per heavy atom. The fourth-order valence-corrected chi connectivity index (χ4v) is 3.32. The van der Waals surface area contributed by atoms with E-state index in [1.54, 1.807) is 12.1 Å². The second-order valence-corrected chi connectivity index (χ2v) is 5.98. The Labute approximate surface area is 122 Å². The van der Waals surface area contributed by atoms with Crippen molar-refractivity contribution < 1.29 is 9.13 Å². The Morgan fingerprint density at radius 2 is 1.90 bits per heavy atom. The van der Waals surface area contributed by atoms with Gasteiger partial charge in [0.2, 0.25) is 0 Å². The van der Waals surface area contributed by atoms with Crippen LogP contribution in [0.15, 0.2) is 18.2 Å². The topological polar surface area (TPSA) is 9.23 Å². The molecule has 0 heterocycles. The lowest BCUT2D eigenvalue weighted by Crippen LogP contribution is -2.13. The van der Waals surface area contributed by atoms with Crippen LogP contribution in [0, 0.1) is 11.7 Å². The van der Waals surface area contributed by atoms with Crippen molar-refractivity contribution in [3.05, 3.63) is 29.6 Å². The van der Waals surface area contributed by atoms with E-state index in [9.17, 15) is 4.39 Å². The van der Waals surface area contributed by atoms with Crippen LogP contribution in [0.1, 0.15) is 70.3 Å². The van der Waals surface area contributed by atoms with Crippen LogP contribution in [0.4, 0.5) is 4.39 Å². The highest BCUT2D eigenvalue weighted by Gasteiger charge is 2.22. The van der Waals surface area contributed by atoms with Gasteiger partial charge in [0.05, 0.1) is 6.61 Å². The van der Waals surface area contributed by atoms with Crippen LogP contribution in [-0.4, -0.2) is 6.61 Å². The molecule has 1 saturated carbocycles. The average molecular weight is 278 g/mol. The van der Waals surface area contributed by atoms with E-state index in [1.165, 1.54) is 44.9 Å². The Morgan fingerprint density at radius 1 is 1.15 bits per heavy atom. The van der Waals surface area contributed by atoms with Gasteiger partial charge in [-0.05, 0) is 62.1 Å². The first-order valence-electron chi connectivity index (χ1n) is 8.16. The van der Waals surface area contributed by atoms with Crippen LogP contribution in [0.5, 0.6) is 5.75 Å². The number of rotatable bonds is 6. The van der Waals surface area contributed by atoms with Crippen molar-refractivity contribution in [3.8, 4) is 5.75 Å². The van der Waals surface area contributed by atoms with Gasteiger partial charge in [-0.25, -0.2) is 4.39 Å². The standard InChI is InChI=1S/C18H27FO/c1-3-5-6-14-7-9-15(10-8-14)16-11-12-18(20-4-2)17(19)13-16/h11-15H,3-10H2,1-2H3/t14-,15-. The van der Waals surface area contributed by atoms with Crippen LogP contribution in [-0.2, 0) is 0 Å². The van der Waals surface area contributed by atoms with E-state index in [1.807, 2.05) is 13.0 Å². The molecule has 1 fully saturated rings. The molecule has 1 aromatic rings. The van der Waals surface area contributed by atoms with E-state index in [-0.39, 0.29) is 5.82 Å². The number of benzene rings is 1. The summed E-state index contributed by atoms with van der Waals surface area (Å²) in [6.07, 6.45) is 9.06. The van der Waals surface area contributed by atoms with Gasteiger partial charge in [-0.15, -0.1) is 0 Å². The molecule has 0 atom stereocenters. The Bertz CT molecular complexity index is 408. The molecule has 0 aliphatic heterocycles. The lowest BCUT2D eigenvalue weighted by Gasteiger charge is -2.29. The first kappa shape index (κ1) is 15.3. The molecule has 0 amide bonds. The Kier molecular flexibility index (Phi) is 5.87. The lowest BCUT2D eigenvalue weighted by molar-refractivity contribution is 0.302. The third-order valence-electron chi connectivity index (χ3n) is 4.54. The molecule has 0 spiro atoms. The molecule has 0 unspecified atom stereocenters. The van der Waals surface area contributed by atoms with Crippen molar-refractivity contribution in [3.63, 3.8) is 0 Å². The van der Waals surface area contributed by atoms with Crippen LogP contribution in [0.25, 0.3) is 0 Å². The van der Waals surface area contributed by atoms with Crippen LogP contribution in [0.2, 0.25) is 0 Å². The first-order chi connectivity index (χ1) is 9.74. The summed E-state index contributed by atoms with van der Waals surface area (Å²) in [6.45, 7) is 4.65. The molecule has 0 N–H and O–H groups in total. The summed E-state index contributed by atoms with van der Waals surface area (Å²) >= 11 is 0. The lowest BCUT2D eigenvalue weighted by atomic mass is 9.77. The zero-order chi connectivity index (χ0) is 14.4. The predicted molar refractivity (Wildman–Crippen MR) is 81.8 cm³/mol.